The van der Waals surface area contributed by atoms with Gasteiger partial charge in [0.2, 0.25) is 0 Å². The first-order chi connectivity index (χ1) is 9.83. The molecule has 0 amide bonds. The van der Waals surface area contributed by atoms with Crippen LogP contribution in [-0.4, -0.2) is 18.6 Å². The maximum atomic E-state index is 11.0. The third kappa shape index (κ3) is 4.55. The zero-order chi connectivity index (χ0) is 15.5. The Labute approximate surface area is 122 Å². The topological polar surface area (TPSA) is 125 Å². The largest absolute Gasteiger partial charge is 0.504 e. The molecule has 0 heterocycles. The summed E-state index contributed by atoms with van der Waals surface area (Å²) in [5, 5.41) is 26.6. The molecule has 21 heavy (non-hydrogen) atoms. The first-order valence-electron chi connectivity index (χ1n) is 5.99. The standard InChI is InChI=1S/C13H15N3O4S/c14-21(19,20)16-11-3-1-2-10(7-11)15-8-9-4-5-12(17)13(18)6-9/h1-7,15-18H,8H2,(H2,14,19,20). The molecule has 0 unspecified atom stereocenters. The number of phenols is 2. The normalized spacial score (nSPS) is 11.1. The van der Waals surface area contributed by atoms with Crippen LogP contribution in [0.3, 0.4) is 0 Å². The highest BCUT2D eigenvalue weighted by atomic mass is 32.2. The molecule has 0 bridgehead atoms. The molecule has 6 N–H and O–H groups in total. The minimum absolute atomic E-state index is 0.182. The van der Waals surface area contributed by atoms with Crippen molar-refractivity contribution in [3.05, 3.63) is 48.0 Å². The van der Waals surface area contributed by atoms with Crippen LogP contribution in [0.4, 0.5) is 11.4 Å². The molecule has 0 fully saturated rings. The van der Waals surface area contributed by atoms with Crippen molar-refractivity contribution in [1.82, 2.24) is 0 Å². The van der Waals surface area contributed by atoms with Crippen LogP contribution in [0.5, 0.6) is 11.5 Å². The van der Waals surface area contributed by atoms with E-state index in [1.165, 1.54) is 12.1 Å². The average Bonchev–Trinajstić information content (AvgIpc) is 2.39. The monoisotopic (exact) mass is 309 g/mol. The molecule has 112 valence electrons. The summed E-state index contributed by atoms with van der Waals surface area (Å²) < 4.78 is 24.1. The van der Waals surface area contributed by atoms with Crippen molar-refractivity contribution in [2.45, 2.75) is 6.54 Å². The summed E-state index contributed by atoms with van der Waals surface area (Å²) in [6, 6.07) is 11.1. The molecular formula is C13H15N3O4S. The van der Waals surface area contributed by atoms with Crippen LogP contribution >= 0.6 is 0 Å². The third-order valence-electron chi connectivity index (χ3n) is 2.66. The molecule has 0 radical (unpaired) electrons. The lowest BCUT2D eigenvalue weighted by atomic mass is 10.2. The van der Waals surface area contributed by atoms with E-state index in [2.05, 4.69) is 10.0 Å². The summed E-state index contributed by atoms with van der Waals surface area (Å²) in [4.78, 5) is 0. The van der Waals surface area contributed by atoms with E-state index in [-0.39, 0.29) is 11.5 Å². The van der Waals surface area contributed by atoms with Crippen LogP contribution in [0.2, 0.25) is 0 Å². The van der Waals surface area contributed by atoms with E-state index in [4.69, 9.17) is 5.14 Å². The Balaban J connectivity index is 2.06. The van der Waals surface area contributed by atoms with Gasteiger partial charge in [-0.25, -0.2) is 5.14 Å². The van der Waals surface area contributed by atoms with Gasteiger partial charge in [-0.05, 0) is 35.9 Å². The molecule has 0 aliphatic carbocycles. The molecule has 0 saturated heterocycles. The number of benzene rings is 2. The van der Waals surface area contributed by atoms with E-state index in [1.54, 1.807) is 30.3 Å². The smallest absolute Gasteiger partial charge is 0.296 e. The highest BCUT2D eigenvalue weighted by Gasteiger charge is 2.04. The van der Waals surface area contributed by atoms with Crippen molar-refractivity contribution >= 4 is 21.6 Å². The van der Waals surface area contributed by atoms with Gasteiger partial charge in [-0.1, -0.05) is 12.1 Å². The Kier molecular flexibility index (Phi) is 4.20. The van der Waals surface area contributed by atoms with Gasteiger partial charge in [0.1, 0.15) is 0 Å². The number of nitrogens with two attached hydrogens (primary N) is 1. The lowest BCUT2D eigenvalue weighted by molar-refractivity contribution is 0.403. The third-order valence-corrected chi connectivity index (χ3v) is 3.18. The first-order valence-corrected chi connectivity index (χ1v) is 7.53. The van der Waals surface area contributed by atoms with E-state index in [9.17, 15) is 18.6 Å². The Morgan fingerprint density at radius 1 is 1.00 bits per heavy atom. The van der Waals surface area contributed by atoms with Crippen LogP contribution in [-0.2, 0) is 16.8 Å². The van der Waals surface area contributed by atoms with Gasteiger partial charge in [0.15, 0.2) is 11.5 Å². The molecule has 7 nitrogen and oxygen atoms in total. The van der Waals surface area contributed by atoms with Crippen molar-refractivity contribution < 1.29 is 18.6 Å². The highest BCUT2D eigenvalue weighted by Crippen LogP contribution is 2.25. The first kappa shape index (κ1) is 14.9. The quantitative estimate of drug-likeness (QED) is 0.533. The zero-order valence-corrected chi connectivity index (χ0v) is 11.8. The molecule has 0 atom stereocenters. The Morgan fingerprint density at radius 3 is 2.38 bits per heavy atom. The van der Waals surface area contributed by atoms with Crippen molar-refractivity contribution in [3.8, 4) is 11.5 Å². The summed E-state index contributed by atoms with van der Waals surface area (Å²) in [6.07, 6.45) is 0. The lowest BCUT2D eigenvalue weighted by Gasteiger charge is -2.09. The van der Waals surface area contributed by atoms with Crippen LogP contribution < -0.4 is 15.2 Å². The molecule has 2 rings (SSSR count). The predicted octanol–water partition coefficient (Wildman–Crippen LogP) is 1.33. The second-order valence-corrected chi connectivity index (χ2v) is 5.70. The lowest BCUT2D eigenvalue weighted by Crippen LogP contribution is -2.21. The van der Waals surface area contributed by atoms with Gasteiger partial charge in [-0.2, -0.15) is 8.42 Å². The fraction of sp³-hybridized carbons (Fsp3) is 0.0769. The van der Waals surface area contributed by atoms with Crippen molar-refractivity contribution in [1.29, 1.82) is 0 Å². The van der Waals surface area contributed by atoms with E-state index >= 15 is 0 Å². The van der Waals surface area contributed by atoms with Crippen LogP contribution in [0.15, 0.2) is 42.5 Å². The molecule has 0 aromatic heterocycles. The fourth-order valence-corrected chi connectivity index (χ4v) is 2.20. The number of phenolic OH excluding ortho intramolecular Hbond substituents is 2. The van der Waals surface area contributed by atoms with Gasteiger partial charge in [0.25, 0.3) is 10.2 Å². The van der Waals surface area contributed by atoms with Crippen molar-refractivity contribution in [2.24, 2.45) is 5.14 Å². The number of rotatable bonds is 5. The molecular weight excluding hydrogens is 294 g/mol. The molecule has 2 aromatic rings. The fourth-order valence-electron chi connectivity index (χ4n) is 1.74. The zero-order valence-electron chi connectivity index (χ0n) is 10.9. The second-order valence-electron chi connectivity index (χ2n) is 4.40. The van der Waals surface area contributed by atoms with Gasteiger partial charge in [0, 0.05) is 12.2 Å². The number of anilines is 2. The average molecular weight is 309 g/mol. The minimum Gasteiger partial charge on any atom is -0.504 e. The molecule has 0 spiro atoms. The van der Waals surface area contributed by atoms with Crippen LogP contribution in [0.25, 0.3) is 0 Å². The summed E-state index contributed by atoms with van der Waals surface area (Å²) in [6.45, 7) is 0.396. The number of aromatic hydroxyl groups is 2. The van der Waals surface area contributed by atoms with Gasteiger partial charge in [0.05, 0.1) is 5.69 Å². The van der Waals surface area contributed by atoms with Gasteiger partial charge in [-0.15, -0.1) is 0 Å². The molecule has 0 aliphatic heterocycles. The van der Waals surface area contributed by atoms with Gasteiger partial charge < -0.3 is 15.5 Å². The summed E-state index contributed by atoms with van der Waals surface area (Å²) in [5.74, 6) is -0.378. The van der Waals surface area contributed by atoms with E-state index in [0.29, 0.717) is 17.9 Å². The maximum absolute atomic E-state index is 11.0. The Bertz CT molecular complexity index is 747. The van der Waals surface area contributed by atoms with E-state index < -0.39 is 10.2 Å². The molecule has 0 saturated carbocycles. The Morgan fingerprint density at radius 2 is 1.71 bits per heavy atom. The SMILES string of the molecule is NS(=O)(=O)Nc1cccc(NCc2ccc(O)c(O)c2)c1. The number of hydrogen-bond donors (Lipinski definition) is 5. The maximum Gasteiger partial charge on any atom is 0.296 e. The molecule has 0 aliphatic rings. The van der Waals surface area contributed by atoms with Crippen molar-refractivity contribution in [2.75, 3.05) is 10.0 Å². The van der Waals surface area contributed by atoms with E-state index in [1.807, 2.05) is 0 Å². The Hall–Kier alpha value is -2.45. The van der Waals surface area contributed by atoms with Crippen LogP contribution in [0.1, 0.15) is 5.56 Å². The molecule has 8 heteroatoms. The van der Waals surface area contributed by atoms with Gasteiger partial charge in [-0.3, -0.25) is 4.72 Å². The van der Waals surface area contributed by atoms with Crippen LogP contribution in [0, 0.1) is 0 Å². The molecule has 2 aromatic carbocycles. The van der Waals surface area contributed by atoms with Gasteiger partial charge >= 0.3 is 0 Å². The second kappa shape index (κ2) is 5.90. The summed E-state index contributed by atoms with van der Waals surface area (Å²) in [7, 11) is -3.81. The summed E-state index contributed by atoms with van der Waals surface area (Å²) in [5.41, 5.74) is 1.78. The number of nitrogens with one attached hydrogen (secondary N) is 2. The summed E-state index contributed by atoms with van der Waals surface area (Å²) >= 11 is 0. The minimum atomic E-state index is -3.81. The highest BCUT2D eigenvalue weighted by molar-refractivity contribution is 7.90. The predicted molar refractivity (Wildman–Crippen MR) is 80.3 cm³/mol. The number of hydrogen-bond acceptors (Lipinski definition) is 5. The van der Waals surface area contributed by atoms with E-state index in [0.717, 1.165) is 5.56 Å². The van der Waals surface area contributed by atoms with Crippen molar-refractivity contribution in [3.63, 3.8) is 0 Å².